The normalized spacial score (nSPS) is 9.80. The van der Waals surface area contributed by atoms with Crippen LogP contribution in [0.4, 0.5) is 4.39 Å². The first-order chi connectivity index (χ1) is 9.61. The first-order valence-corrected chi connectivity index (χ1v) is 5.61. The molecule has 0 spiro atoms. The standard InChI is InChI=1S/C14H9FN2O3/c15-11-4-3-9(10(6-11)7-16)8-20-12-2-1-5-17-13(12)14(18)19/h1-6H,8H2,(H,18,19). The van der Waals surface area contributed by atoms with Crippen molar-refractivity contribution in [3.05, 3.63) is 59.2 Å². The number of benzene rings is 1. The molecule has 0 unspecified atom stereocenters. The van der Waals surface area contributed by atoms with Crippen LogP contribution in [-0.4, -0.2) is 16.1 Å². The Hall–Kier alpha value is -2.94. The SMILES string of the molecule is N#Cc1cc(F)ccc1COc1cccnc1C(=O)O. The van der Waals surface area contributed by atoms with Gasteiger partial charge in [-0.05, 0) is 24.3 Å². The summed E-state index contributed by atoms with van der Waals surface area (Å²) in [5.41, 5.74) is 0.396. The van der Waals surface area contributed by atoms with Gasteiger partial charge in [-0.3, -0.25) is 0 Å². The van der Waals surface area contributed by atoms with Crippen LogP contribution in [0.2, 0.25) is 0 Å². The highest BCUT2D eigenvalue weighted by Gasteiger charge is 2.13. The Morgan fingerprint density at radius 3 is 2.95 bits per heavy atom. The summed E-state index contributed by atoms with van der Waals surface area (Å²) < 4.78 is 18.3. The quantitative estimate of drug-likeness (QED) is 0.923. The van der Waals surface area contributed by atoms with Crippen molar-refractivity contribution in [1.29, 1.82) is 5.26 Å². The average molecular weight is 272 g/mol. The van der Waals surface area contributed by atoms with Crippen LogP contribution in [0, 0.1) is 17.1 Å². The van der Waals surface area contributed by atoms with Crippen LogP contribution in [0.15, 0.2) is 36.5 Å². The minimum Gasteiger partial charge on any atom is -0.486 e. The summed E-state index contributed by atoms with van der Waals surface area (Å²) in [6.07, 6.45) is 1.34. The van der Waals surface area contributed by atoms with Gasteiger partial charge in [0.05, 0.1) is 11.6 Å². The van der Waals surface area contributed by atoms with Gasteiger partial charge in [0.1, 0.15) is 12.4 Å². The van der Waals surface area contributed by atoms with E-state index in [-0.39, 0.29) is 23.6 Å². The lowest BCUT2D eigenvalue weighted by molar-refractivity contribution is 0.0685. The molecule has 0 bridgehead atoms. The van der Waals surface area contributed by atoms with Gasteiger partial charge in [0.25, 0.3) is 0 Å². The topological polar surface area (TPSA) is 83.2 Å². The van der Waals surface area contributed by atoms with Crippen molar-refractivity contribution in [3.63, 3.8) is 0 Å². The van der Waals surface area contributed by atoms with Gasteiger partial charge >= 0.3 is 5.97 Å². The number of halogens is 1. The highest BCUT2D eigenvalue weighted by molar-refractivity contribution is 5.88. The number of carboxylic acid groups (broad SMARTS) is 1. The van der Waals surface area contributed by atoms with Crippen LogP contribution < -0.4 is 4.74 Å². The van der Waals surface area contributed by atoms with Crippen molar-refractivity contribution in [2.24, 2.45) is 0 Å². The van der Waals surface area contributed by atoms with Crippen LogP contribution >= 0.6 is 0 Å². The molecule has 0 fully saturated rings. The van der Waals surface area contributed by atoms with Crippen molar-refractivity contribution < 1.29 is 19.0 Å². The largest absolute Gasteiger partial charge is 0.486 e. The van der Waals surface area contributed by atoms with Crippen LogP contribution in [-0.2, 0) is 6.61 Å². The van der Waals surface area contributed by atoms with E-state index < -0.39 is 11.8 Å². The van der Waals surface area contributed by atoms with E-state index in [1.807, 2.05) is 6.07 Å². The number of pyridine rings is 1. The van der Waals surface area contributed by atoms with Crippen LogP contribution in [0.5, 0.6) is 5.75 Å². The minimum absolute atomic E-state index is 0.0465. The number of nitriles is 1. The molecular weight excluding hydrogens is 263 g/mol. The number of aromatic carboxylic acids is 1. The van der Waals surface area contributed by atoms with Crippen molar-refractivity contribution in [3.8, 4) is 11.8 Å². The Kier molecular flexibility index (Phi) is 3.91. The third-order valence-corrected chi connectivity index (χ3v) is 2.55. The fraction of sp³-hybridized carbons (Fsp3) is 0.0714. The van der Waals surface area contributed by atoms with Gasteiger partial charge in [-0.15, -0.1) is 0 Å². The molecule has 0 atom stereocenters. The molecular formula is C14H9FN2O3. The molecule has 0 aliphatic rings. The van der Waals surface area contributed by atoms with E-state index in [1.54, 1.807) is 0 Å². The Bertz CT molecular complexity index is 695. The van der Waals surface area contributed by atoms with Gasteiger partial charge in [0.2, 0.25) is 0 Å². The maximum atomic E-state index is 13.0. The fourth-order valence-electron chi connectivity index (χ4n) is 1.60. The second kappa shape index (κ2) is 5.80. The summed E-state index contributed by atoms with van der Waals surface area (Å²) in [5.74, 6) is -1.63. The molecule has 20 heavy (non-hydrogen) atoms. The van der Waals surface area contributed by atoms with Crippen LogP contribution in [0.1, 0.15) is 21.6 Å². The molecule has 1 heterocycles. The van der Waals surface area contributed by atoms with Crippen molar-refractivity contribution in [2.45, 2.75) is 6.61 Å². The predicted molar refractivity (Wildman–Crippen MR) is 66.6 cm³/mol. The van der Waals surface area contributed by atoms with Gasteiger partial charge in [-0.25, -0.2) is 14.2 Å². The number of hydrogen-bond donors (Lipinski definition) is 1. The summed E-state index contributed by atoms with van der Waals surface area (Å²) >= 11 is 0. The second-order valence-corrected chi connectivity index (χ2v) is 3.86. The maximum Gasteiger partial charge on any atom is 0.358 e. The Labute approximate surface area is 113 Å². The summed E-state index contributed by atoms with van der Waals surface area (Å²) in [6.45, 7) is -0.0465. The van der Waals surface area contributed by atoms with E-state index in [4.69, 9.17) is 15.1 Å². The number of carboxylic acids is 1. The first kappa shape index (κ1) is 13.5. The van der Waals surface area contributed by atoms with E-state index in [0.717, 1.165) is 6.07 Å². The highest BCUT2D eigenvalue weighted by atomic mass is 19.1. The van der Waals surface area contributed by atoms with Gasteiger partial charge in [-0.2, -0.15) is 5.26 Å². The van der Waals surface area contributed by atoms with Crippen LogP contribution in [0.3, 0.4) is 0 Å². The molecule has 5 nitrogen and oxygen atoms in total. The predicted octanol–water partition coefficient (Wildman–Crippen LogP) is 2.37. The van der Waals surface area contributed by atoms with Crippen molar-refractivity contribution in [1.82, 2.24) is 4.98 Å². The summed E-state index contributed by atoms with van der Waals surface area (Å²) in [6, 6.07) is 8.59. The van der Waals surface area contributed by atoms with Crippen molar-refractivity contribution in [2.75, 3.05) is 0 Å². The van der Waals surface area contributed by atoms with Crippen LogP contribution in [0.25, 0.3) is 0 Å². The zero-order chi connectivity index (χ0) is 14.5. The fourth-order valence-corrected chi connectivity index (χ4v) is 1.60. The molecule has 2 rings (SSSR count). The number of rotatable bonds is 4. The Morgan fingerprint density at radius 2 is 2.25 bits per heavy atom. The lowest BCUT2D eigenvalue weighted by atomic mass is 10.1. The zero-order valence-electron chi connectivity index (χ0n) is 10.2. The smallest absolute Gasteiger partial charge is 0.358 e. The van der Waals surface area contributed by atoms with E-state index in [2.05, 4.69) is 4.98 Å². The summed E-state index contributed by atoms with van der Waals surface area (Å²) in [4.78, 5) is 14.7. The molecule has 0 saturated carbocycles. The number of carbonyl (C=O) groups is 1. The minimum atomic E-state index is -1.21. The number of hydrogen-bond acceptors (Lipinski definition) is 4. The zero-order valence-corrected chi connectivity index (χ0v) is 10.2. The summed E-state index contributed by atoms with van der Waals surface area (Å²) in [7, 11) is 0. The highest BCUT2D eigenvalue weighted by Crippen LogP contribution is 2.18. The van der Waals surface area contributed by atoms with E-state index in [9.17, 15) is 9.18 Å². The summed E-state index contributed by atoms with van der Waals surface area (Å²) in [5, 5.41) is 17.9. The molecule has 0 aliphatic heterocycles. The lowest BCUT2D eigenvalue weighted by Crippen LogP contribution is -2.06. The average Bonchev–Trinajstić information content (AvgIpc) is 2.46. The molecule has 2 aromatic rings. The lowest BCUT2D eigenvalue weighted by Gasteiger charge is -2.09. The number of aromatic nitrogens is 1. The molecule has 1 aromatic carbocycles. The molecule has 0 aliphatic carbocycles. The Morgan fingerprint density at radius 1 is 1.45 bits per heavy atom. The van der Waals surface area contributed by atoms with E-state index in [1.165, 1.54) is 30.5 Å². The first-order valence-electron chi connectivity index (χ1n) is 5.61. The van der Waals surface area contributed by atoms with Gasteiger partial charge in [-0.1, -0.05) is 6.07 Å². The van der Waals surface area contributed by atoms with Gasteiger partial charge in [0.15, 0.2) is 11.4 Å². The van der Waals surface area contributed by atoms with Gasteiger partial charge < -0.3 is 9.84 Å². The number of ether oxygens (including phenoxy) is 1. The molecule has 1 N–H and O–H groups in total. The van der Waals surface area contributed by atoms with Crippen molar-refractivity contribution >= 4 is 5.97 Å². The molecule has 100 valence electrons. The number of nitrogens with zero attached hydrogens (tertiary/aromatic N) is 2. The van der Waals surface area contributed by atoms with E-state index >= 15 is 0 Å². The second-order valence-electron chi connectivity index (χ2n) is 3.86. The monoisotopic (exact) mass is 272 g/mol. The molecule has 6 heteroatoms. The molecule has 0 radical (unpaired) electrons. The van der Waals surface area contributed by atoms with Gasteiger partial charge in [0, 0.05) is 11.8 Å². The molecule has 1 aromatic heterocycles. The third-order valence-electron chi connectivity index (χ3n) is 2.55. The maximum absolute atomic E-state index is 13.0. The van der Waals surface area contributed by atoms with E-state index in [0.29, 0.717) is 5.56 Å². The molecule has 0 saturated heterocycles. The Balaban J connectivity index is 2.22. The molecule has 0 amide bonds. The third kappa shape index (κ3) is 2.90.